The van der Waals surface area contributed by atoms with E-state index in [-0.39, 0.29) is 12.0 Å². The van der Waals surface area contributed by atoms with Gasteiger partial charge in [-0.2, -0.15) is 0 Å². The van der Waals surface area contributed by atoms with E-state index in [1.807, 2.05) is 6.07 Å². The molecular weight excluding hydrogens is 339 g/mol. The number of hydrogen-bond acceptors (Lipinski definition) is 3. The van der Waals surface area contributed by atoms with Gasteiger partial charge in [0.25, 0.3) is 0 Å². The Morgan fingerprint density at radius 1 is 1.09 bits per heavy atom. The lowest BCUT2D eigenvalue weighted by molar-refractivity contribution is -0.132. The van der Waals surface area contributed by atoms with Crippen molar-refractivity contribution in [1.82, 2.24) is 9.80 Å². The molecule has 126 valence electrons. The number of amides is 2. The summed E-state index contributed by atoms with van der Waals surface area (Å²) >= 11 is 11.8. The maximum Gasteiger partial charge on any atom is 0.409 e. The Morgan fingerprint density at radius 2 is 1.74 bits per heavy atom. The van der Waals surface area contributed by atoms with Gasteiger partial charge >= 0.3 is 6.09 Å². The molecule has 23 heavy (non-hydrogen) atoms. The SMILES string of the molecule is CCOC(=O)N1CCN(C(=O)CCc2ccc(Cl)c(Cl)c2)CC1. The average molecular weight is 359 g/mol. The van der Waals surface area contributed by atoms with Crippen LogP contribution in [0.1, 0.15) is 18.9 Å². The van der Waals surface area contributed by atoms with Crippen LogP contribution >= 0.6 is 23.2 Å². The van der Waals surface area contributed by atoms with Crippen molar-refractivity contribution >= 4 is 35.2 Å². The molecule has 1 heterocycles. The van der Waals surface area contributed by atoms with Crippen molar-refractivity contribution in [3.63, 3.8) is 0 Å². The summed E-state index contributed by atoms with van der Waals surface area (Å²) in [5.74, 6) is 0.0829. The minimum atomic E-state index is -0.310. The first-order chi connectivity index (χ1) is 11.0. The summed E-state index contributed by atoms with van der Waals surface area (Å²) in [6, 6.07) is 5.40. The third-order valence-corrected chi connectivity index (χ3v) is 4.51. The number of hydrogen-bond donors (Lipinski definition) is 0. The Morgan fingerprint density at radius 3 is 2.35 bits per heavy atom. The van der Waals surface area contributed by atoms with Gasteiger partial charge in [-0.1, -0.05) is 29.3 Å². The monoisotopic (exact) mass is 358 g/mol. The predicted molar refractivity (Wildman–Crippen MR) is 90.0 cm³/mol. The lowest BCUT2D eigenvalue weighted by Crippen LogP contribution is -2.50. The molecule has 0 N–H and O–H groups in total. The Hall–Kier alpha value is -1.46. The first-order valence-electron chi connectivity index (χ1n) is 7.64. The first kappa shape index (κ1) is 17.9. The normalized spacial score (nSPS) is 14.7. The van der Waals surface area contributed by atoms with E-state index < -0.39 is 0 Å². The van der Waals surface area contributed by atoms with Crippen LogP contribution in [0.25, 0.3) is 0 Å². The molecule has 1 aliphatic heterocycles. The van der Waals surface area contributed by atoms with E-state index >= 15 is 0 Å². The van der Waals surface area contributed by atoms with Gasteiger partial charge in [0.05, 0.1) is 16.7 Å². The van der Waals surface area contributed by atoms with Crippen LogP contribution in [0.2, 0.25) is 10.0 Å². The fourth-order valence-corrected chi connectivity index (χ4v) is 2.78. The highest BCUT2D eigenvalue weighted by molar-refractivity contribution is 6.42. The van der Waals surface area contributed by atoms with E-state index in [0.717, 1.165) is 5.56 Å². The molecule has 0 bridgehead atoms. The van der Waals surface area contributed by atoms with Crippen LogP contribution in [-0.4, -0.2) is 54.6 Å². The summed E-state index contributed by atoms with van der Waals surface area (Å²) in [7, 11) is 0. The minimum absolute atomic E-state index is 0.0829. The number of benzene rings is 1. The zero-order chi connectivity index (χ0) is 16.8. The second-order valence-corrected chi connectivity index (χ2v) is 6.13. The summed E-state index contributed by atoms with van der Waals surface area (Å²) in [5.41, 5.74) is 0.984. The van der Waals surface area contributed by atoms with Gasteiger partial charge in [-0.25, -0.2) is 4.79 Å². The molecule has 1 saturated heterocycles. The van der Waals surface area contributed by atoms with Crippen molar-refractivity contribution in [1.29, 1.82) is 0 Å². The van der Waals surface area contributed by atoms with Crippen LogP contribution < -0.4 is 0 Å². The summed E-state index contributed by atoms with van der Waals surface area (Å²) in [4.78, 5) is 27.3. The zero-order valence-corrected chi connectivity index (χ0v) is 14.6. The highest BCUT2D eigenvalue weighted by Crippen LogP contribution is 2.23. The van der Waals surface area contributed by atoms with Crippen molar-refractivity contribution in [3.8, 4) is 0 Å². The highest BCUT2D eigenvalue weighted by Gasteiger charge is 2.24. The second kappa shape index (κ2) is 8.41. The smallest absolute Gasteiger partial charge is 0.409 e. The molecule has 0 atom stereocenters. The summed E-state index contributed by atoms with van der Waals surface area (Å²) in [6.07, 6.45) is 0.723. The average Bonchev–Trinajstić information content (AvgIpc) is 2.56. The Balaban J connectivity index is 1.79. The van der Waals surface area contributed by atoms with E-state index in [9.17, 15) is 9.59 Å². The fourth-order valence-electron chi connectivity index (χ4n) is 2.46. The highest BCUT2D eigenvalue weighted by atomic mass is 35.5. The molecule has 0 unspecified atom stereocenters. The minimum Gasteiger partial charge on any atom is -0.450 e. The molecular formula is C16H20Cl2N2O3. The standard InChI is InChI=1S/C16H20Cl2N2O3/c1-2-23-16(22)20-9-7-19(8-10-20)15(21)6-4-12-3-5-13(17)14(18)11-12/h3,5,11H,2,4,6-10H2,1H3. The molecule has 0 saturated carbocycles. The predicted octanol–water partition coefficient (Wildman–Crippen LogP) is 3.23. The van der Waals surface area contributed by atoms with Crippen LogP contribution in [-0.2, 0) is 16.0 Å². The molecule has 1 aromatic rings. The van der Waals surface area contributed by atoms with Gasteiger partial charge in [-0.05, 0) is 31.0 Å². The number of aryl methyl sites for hydroxylation is 1. The molecule has 1 fully saturated rings. The van der Waals surface area contributed by atoms with Crippen molar-refractivity contribution < 1.29 is 14.3 Å². The first-order valence-corrected chi connectivity index (χ1v) is 8.40. The van der Waals surface area contributed by atoms with Crippen molar-refractivity contribution in [2.45, 2.75) is 19.8 Å². The number of ether oxygens (including phenoxy) is 1. The van der Waals surface area contributed by atoms with Gasteiger partial charge in [-0.15, -0.1) is 0 Å². The molecule has 0 spiro atoms. The number of nitrogens with zero attached hydrogens (tertiary/aromatic N) is 2. The van der Waals surface area contributed by atoms with Crippen LogP contribution in [0.15, 0.2) is 18.2 Å². The molecule has 5 nitrogen and oxygen atoms in total. The molecule has 7 heteroatoms. The molecule has 2 rings (SSSR count). The lowest BCUT2D eigenvalue weighted by Gasteiger charge is -2.34. The Bertz CT molecular complexity index is 572. The molecule has 0 aromatic heterocycles. The Labute approximate surface area is 146 Å². The van der Waals surface area contributed by atoms with Crippen LogP contribution in [0.5, 0.6) is 0 Å². The maximum absolute atomic E-state index is 12.3. The van der Waals surface area contributed by atoms with Gasteiger partial charge in [0, 0.05) is 32.6 Å². The molecule has 1 aromatic carbocycles. The zero-order valence-electron chi connectivity index (χ0n) is 13.1. The van der Waals surface area contributed by atoms with E-state index in [4.69, 9.17) is 27.9 Å². The van der Waals surface area contributed by atoms with Crippen LogP contribution in [0.4, 0.5) is 4.79 Å². The van der Waals surface area contributed by atoms with E-state index in [1.165, 1.54) is 0 Å². The van der Waals surface area contributed by atoms with Crippen molar-refractivity contribution in [2.24, 2.45) is 0 Å². The van der Waals surface area contributed by atoms with E-state index in [1.54, 1.807) is 28.9 Å². The quantitative estimate of drug-likeness (QED) is 0.829. The molecule has 2 amide bonds. The van der Waals surface area contributed by atoms with E-state index in [2.05, 4.69) is 0 Å². The van der Waals surface area contributed by atoms with Gasteiger partial charge in [0.2, 0.25) is 5.91 Å². The largest absolute Gasteiger partial charge is 0.450 e. The third kappa shape index (κ3) is 5.01. The summed E-state index contributed by atoms with van der Waals surface area (Å²) in [5, 5.41) is 1.01. The van der Waals surface area contributed by atoms with Gasteiger partial charge < -0.3 is 14.5 Å². The topological polar surface area (TPSA) is 49.9 Å². The van der Waals surface area contributed by atoms with Gasteiger partial charge in [0.1, 0.15) is 0 Å². The van der Waals surface area contributed by atoms with Gasteiger partial charge in [0.15, 0.2) is 0 Å². The number of rotatable bonds is 4. The molecule has 0 radical (unpaired) electrons. The lowest BCUT2D eigenvalue weighted by atomic mass is 10.1. The summed E-state index contributed by atoms with van der Waals surface area (Å²) in [6.45, 7) is 4.25. The molecule has 0 aliphatic carbocycles. The van der Waals surface area contributed by atoms with Gasteiger partial charge in [-0.3, -0.25) is 4.79 Å². The summed E-state index contributed by atoms with van der Waals surface area (Å²) < 4.78 is 4.96. The number of carbonyl (C=O) groups is 2. The maximum atomic E-state index is 12.3. The van der Waals surface area contributed by atoms with E-state index in [0.29, 0.717) is 55.7 Å². The van der Waals surface area contributed by atoms with Crippen LogP contribution in [0.3, 0.4) is 0 Å². The number of piperazine rings is 1. The van der Waals surface area contributed by atoms with Crippen molar-refractivity contribution in [2.75, 3.05) is 32.8 Å². The third-order valence-electron chi connectivity index (χ3n) is 3.77. The van der Waals surface area contributed by atoms with Crippen molar-refractivity contribution in [3.05, 3.63) is 33.8 Å². The number of halogens is 2. The number of carbonyl (C=O) groups excluding carboxylic acids is 2. The molecule has 1 aliphatic rings. The van der Waals surface area contributed by atoms with Crippen LogP contribution in [0, 0.1) is 0 Å². The Kier molecular flexibility index (Phi) is 6.54. The fraction of sp³-hybridized carbons (Fsp3) is 0.500. The second-order valence-electron chi connectivity index (χ2n) is 5.32.